The van der Waals surface area contributed by atoms with Gasteiger partial charge in [0.15, 0.2) is 0 Å². The van der Waals surface area contributed by atoms with E-state index in [9.17, 15) is 0 Å². The summed E-state index contributed by atoms with van der Waals surface area (Å²) in [4.78, 5) is 2.87. The highest BCUT2D eigenvalue weighted by atomic mass is 32.2. The minimum absolute atomic E-state index is 0.622. The SMILES string of the molecule is CSCCC(C)NCc1cc(C)sc1C. The van der Waals surface area contributed by atoms with E-state index in [-0.39, 0.29) is 0 Å². The highest BCUT2D eigenvalue weighted by Gasteiger charge is 2.05. The molecule has 0 fully saturated rings. The van der Waals surface area contributed by atoms with Crippen molar-refractivity contribution < 1.29 is 0 Å². The van der Waals surface area contributed by atoms with Crippen molar-refractivity contribution in [3.8, 4) is 0 Å². The number of nitrogens with one attached hydrogen (secondary N) is 1. The first kappa shape index (κ1) is 13.1. The number of aryl methyl sites for hydroxylation is 2. The summed E-state index contributed by atoms with van der Waals surface area (Å²) in [5.41, 5.74) is 1.47. The van der Waals surface area contributed by atoms with Gasteiger partial charge in [-0.2, -0.15) is 11.8 Å². The van der Waals surface area contributed by atoms with E-state index in [1.165, 1.54) is 27.5 Å². The molecule has 86 valence electrons. The van der Waals surface area contributed by atoms with Crippen molar-refractivity contribution in [1.82, 2.24) is 5.32 Å². The van der Waals surface area contributed by atoms with Crippen LogP contribution in [0.25, 0.3) is 0 Å². The molecule has 0 aliphatic carbocycles. The molecule has 1 nitrogen and oxygen atoms in total. The fourth-order valence-corrected chi connectivity index (χ4v) is 3.08. The summed E-state index contributed by atoms with van der Waals surface area (Å²) in [5.74, 6) is 1.25. The van der Waals surface area contributed by atoms with Crippen molar-refractivity contribution in [2.75, 3.05) is 12.0 Å². The van der Waals surface area contributed by atoms with Gasteiger partial charge in [-0.3, -0.25) is 0 Å². The molecule has 1 heterocycles. The first-order valence-corrected chi connectivity index (χ1v) is 7.62. The number of rotatable bonds is 6. The average molecular weight is 243 g/mol. The third kappa shape index (κ3) is 4.58. The minimum atomic E-state index is 0.622. The quantitative estimate of drug-likeness (QED) is 0.819. The highest BCUT2D eigenvalue weighted by Crippen LogP contribution is 2.20. The lowest BCUT2D eigenvalue weighted by molar-refractivity contribution is 0.537. The Morgan fingerprint density at radius 1 is 1.47 bits per heavy atom. The molecule has 1 aromatic heterocycles. The van der Waals surface area contributed by atoms with Crippen molar-refractivity contribution in [1.29, 1.82) is 0 Å². The van der Waals surface area contributed by atoms with Crippen LogP contribution < -0.4 is 5.32 Å². The van der Waals surface area contributed by atoms with Gasteiger partial charge in [0.1, 0.15) is 0 Å². The molecule has 0 amide bonds. The standard InChI is InChI=1S/C12H21NS2/c1-9(5-6-14-4)13-8-12-7-10(2)15-11(12)3/h7,9,13H,5-6,8H2,1-4H3. The van der Waals surface area contributed by atoms with Crippen LogP contribution in [0.15, 0.2) is 6.07 Å². The van der Waals surface area contributed by atoms with Gasteiger partial charge in [0, 0.05) is 22.3 Å². The molecule has 0 radical (unpaired) electrons. The Morgan fingerprint density at radius 3 is 2.73 bits per heavy atom. The van der Waals surface area contributed by atoms with Crippen molar-refractivity contribution in [3.05, 3.63) is 21.4 Å². The number of hydrogen-bond acceptors (Lipinski definition) is 3. The Kier molecular flexibility index (Phi) is 5.72. The monoisotopic (exact) mass is 243 g/mol. The molecule has 0 bridgehead atoms. The maximum Gasteiger partial charge on any atom is 0.0218 e. The van der Waals surface area contributed by atoms with Gasteiger partial charge in [-0.15, -0.1) is 11.3 Å². The summed E-state index contributed by atoms with van der Waals surface area (Å²) in [5, 5.41) is 3.58. The predicted molar refractivity (Wildman–Crippen MR) is 73.1 cm³/mol. The summed E-state index contributed by atoms with van der Waals surface area (Å²) in [6.45, 7) is 7.68. The van der Waals surface area contributed by atoms with E-state index in [1.54, 1.807) is 0 Å². The maximum absolute atomic E-state index is 3.58. The van der Waals surface area contributed by atoms with Crippen molar-refractivity contribution in [2.45, 2.75) is 39.8 Å². The lowest BCUT2D eigenvalue weighted by Gasteiger charge is -2.12. The molecule has 0 saturated heterocycles. The number of hydrogen-bond donors (Lipinski definition) is 1. The van der Waals surface area contributed by atoms with Gasteiger partial charge < -0.3 is 5.32 Å². The van der Waals surface area contributed by atoms with E-state index in [0.717, 1.165) is 6.54 Å². The molecular formula is C12H21NS2. The first-order valence-electron chi connectivity index (χ1n) is 5.41. The zero-order valence-corrected chi connectivity index (χ0v) is 11.7. The molecule has 0 aliphatic heterocycles. The molecule has 0 spiro atoms. The highest BCUT2D eigenvalue weighted by molar-refractivity contribution is 7.98. The molecule has 1 rings (SSSR count). The predicted octanol–water partition coefficient (Wildman–Crippen LogP) is 3.60. The van der Waals surface area contributed by atoms with Gasteiger partial charge in [-0.05, 0) is 50.8 Å². The van der Waals surface area contributed by atoms with Crippen molar-refractivity contribution in [3.63, 3.8) is 0 Å². The Hall–Kier alpha value is 0.01000. The number of thiophene rings is 1. The zero-order chi connectivity index (χ0) is 11.3. The normalized spacial score (nSPS) is 13.1. The third-order valence-electron chi connectivity index (χ3n) is 2.54. The smallest absolute Gasteiger partial charge is 0.0218 e. The van der Waals surface area contributed by atoms with Gasteiger partial charge in [-0.1, -0.05) is 0 Å². The zero-order valence-electron chi connectivity index (χ0n) is 10.1. The maximum atomic E-state index is 3.58. The lowest BCUT2D eigenvalue weighted by Crippen LogP contribution is -2.26. The fourth-order valence-electron chi connectivity index (χ4n) is 1.54. The van der Waals surface area contributed by atoms with E-state index in [0.29, 0.717) is 6.04 Å². The largest absolute Gasteiger partial charge is 0.310 e. The lowest BCUT2D eigenvalue weighted by atomic mass is 10.2. The van der Waals surface area contributed by atoms with E-state index < -0.39 is 0 Å². The van der Waals surface area contributed by atoms with Crippen LogP contribution in [-0.4, -0.2) is 18.1 Å². The molecule has 0 aliphatic rings. The Bertz CT molecular complexity index is 294. The number of thioether (sulfide) groups is 1. The summed E-state index contributed by atoms with van der Waals surface area (Å²) in [7, 11) is 0. The summed E-state index contributed by atoms with van der Waals surface area (Å²) < 4.78 is 0. The van der Waals surface area contributed by atoms with Crippen molar-refractivity contribution in [2.24, 2.45) is 0 Å². The summed E-state index contributed by atoms with van der Waals surface area (Å²) in [6, 6.07) is 2.92. The summed E-state index contributed by atoms with van der Waals surface area (Å²) in [6.07, 6.45) is 3.42. The average Bonchev–Trinajstić information content (AvgIpc) is 2.51. The van der Waals surface area contributed by atoms with Crippen LogP contribution in [0.2, 0.25) is 0 Å². The second kappa shape index (κ2) is 6.56. The van der Waals surface area contributed by atoms with Gasteiger partial charge in [0.05, 0.1) is 0 Å². The van der Waals surface area contributed by atoms with E-state index in [4.69, 9.17) is 0 Å². The van der Waals surface area contributed by atoms with Gasteiger partial charge in [0.2, 0.25) is 0 Å². The van der Waals surface area contributed by atoms with Gasteiger partial charge in [-0.25, -0.2) is 0 Å². The van der Waals surface area contributed by atoms with Crippen LogP contribution >= 0.6 is 23.1 Å². The third-order valence-corrected chi connectivity index (χ3v) is 4.19. The topological polar surface area (TPSA) is 12.0 Å². The van der Waals surface area contributed by atoms with Crippen LogP contribution in [0.3, 0.4) is 0 Å². The second-order valence-corrected chi connectivity index (χ2v) is 6.45. The van der Waals surface area contributed by atoms with Crippen LogP contribution in [0.4, 0.5) is 0 Å². The van der Waals surface area contributed by atoms with E-state index in [2.05, 4.69) is 38.4 Å². The van der Waals surface area contributed by atoms with E-state index in [1.807, 2.05) is 23.1 Å². The Balaban J connectivity index is 2.33. The molecule has 0 saturated carbocycles. The molecule has 0 aromatic carbocycles. The molecular weight excluding hydrogens is 222 g/mol. The van der Waals surface area contributed by atoms with Crippen LogP contribution in [0.5, 0.6) is 0 Å². The molecule has 15 heavy (non-hydrogen) atoms. The Labute approximate surface area is 102 Å². The molecule has 1 aromatic rings. The van der Waals surface area contributed by atoms with Gasteiger partial charge in [0.25, 0.3) is 0 Å². The minimum Gasteiger partial charge on any atom is -0.310 e. The van der Waals surface area contributed by atoms with Crippen LogP contribution in [0.1, 0.15) is 28.7 Å². The van der Waals surface area contributed by atoms with E-state index >= 15 is 0 Å². The van der Waals surface area contributed by atoms with Crippen molar-refractivity contribution >= 4 is 23.1 Å². The molecule has 1 N–H and O–H groups in total. The van der Waals surface area contributed by atoms with Crippen LogP contribution in [0, 0.1) is 13.8 Å². The Morgan fingerprint density at radius 2 is 2.20 bits per heavy atom. The van der Waals surface area contributed by atoms with Crippen LogP contribution in [-0.2, 0) is 6.54 Å². The molecule has 3 heteroatoms. The first-order chi connectivity index (χ1) is 7.13. The molecule has 1 unspecified atom stereocenters. The molecule has 1 atom stereocenters. The van der Waals surface area contributed by atoms with Gasteiger partial charge >= 0.3 is 0 Å². The fraction of sp³-hybridized carbons (Fsp3) is 0.667. The summed E-state index contributed by atoms with van der Waals surface area (Å²) >= 11 is 3.82. The second-order valence-electron chi connectivity index (χ2n) is 4.00.